The Kier molecular flexibility index (Phi) is 4.00. The zero-order chi connectivity index (χ0) is 12.2. The predicted octanol–water partition coefficient (Wildman–Crippen LogP) is 1.96. The van der Waals surface area contributed by atoms with Crippen molar-refractivity contribution in [2.24, 2.45) is 5.73 Å². The summed E-state index contributed by atoms with van der Waals surface area (Å²) in [5, 5.41) is 0. The second-order valence-electron chi connectivity index (χ2n) is 3.11. The van der Waals surface area contributed by atoms with Gasteiger partial charge in [0.05, 0.1) is 7.11 Å². The molecule has 2 N–H and O–H groups in total. The Bertz CT molecular complexity index is 341. The van der Waals surface area contributed by atoms with Gasteiger partial charge in [-0.25, -0.2) is 0 Å². The molecule has 0 saturated heterocycles. The maximum absolute atomic E-state index is 12.1. The Morgan fingerprint density at radius 1 is 1.25 bits per heavy atom. The van der Waals surface area contributed by atoms with Crippen LogP contribution < -0.4 is 15.2 Å². The lowest BCUT2D eigenvalue weighted by molar-refractivity contribution is -0.153. The van der Waals surface area contributed by atoms with Gasteiger partial charge in [0.2, 0.25) is 0 Å². The smallest absolute Gasteiger partial charge is 0.406 e. The fourth-order valence-electron chi connectivity index (χ4n) is 1.01. The summed E-state index contributed by atoms with van der Waals surface area (Å²) in [7, 11) is 1.41. The molecule has 1 aromatic carbocycles. The molecule has 0 bridgehead atoms. The number of rotatable bonds is 4. The third-order valence-electron chi connectivity index (χ3n) is 1.91. The fraction of sp³-hybridized carbons (Fsp3) is 0.400. The van der Waals surface area contributed by atoms with Crippen LogP contribution in [-0.2, 0) is 0 Å². The Hall–Kier alpha value is -1.43. The summed E-state index contributed by atoms with van der Waals surface area (Å²) in [4.78, 5) is 0. The molecule has 1 rings (SSSR count). The molecule has 0 saturated carbocycles. The predicted molar refractivity (Wildman–Crippen MR) is 52.5 cm³/mol. The molecule has 1 unspecified atom stereocenters. The lowest BCUT2D eigenvalue weighted by Crippen LogP contribution is -2.42. The van der Waals surface area contributed by atoms with Gasteiger partial charge in [-0.2, -0.15) is 13.2 Å². The summed E-state index contributed by atoms with van der Waals surface area (Å²) in [6.45, 7) is -0.635. The third-order valence-corrected chi connectivity index (χ3v) is 1.91. The van der Waals surface area contributed by atoms with Gasteiger partial charge in [-0.3, -0.25) is 0 Å². The summed E-state index contributed by atoms with van der Waals surface area (Å²) < 4.78 is 46.2. The second-order valence-corrected chi connectivity index (χ2v) is 3.11. The number of alkyl halides is 3. The van der Waals surface area contributed by atoms with Crippen LogP contribution in [-0.4, -0.2) is 25.9 Å². The van der Waals surface area contributed by atoms with Crippen LogP contribution in [0.1, 0.15) is 0 Å². The molecule has 3 nitrogen and oxygen atoms in total. The normalized spacial score (nSPS) is 13.3. The van der Waals surface area contributed by atoms with Crippen molar-refractivity contribution in [1.82, 2.24) is 0 Å². The molecule has 0 aromatic heterocycles. The van der Waals surface area contributed by atoms with Crippen LogP contribution in [0.5, 0.6) is 11.5 Å². The number of hydrogen-bond donors (Lipinski definition) is 1. The summed E-state index contributed by atoms with van der Waals surface area (Å²) in [5.74, 6) is 0.613. The van der Waals surface area contributed by atoms with E-state index in [4.69, 9.17) is 15.2 Å². The molecule has 0 aliphatic heterocycles. The molecule has 0 aliphatic carbocycles. The highest BCUT2D eigenvalue weighted by Gasteiger charge is 2.37. The molecule has 0 fully saturated rings. The molecule has 1 aromatic rings. The van der Waals surface area contributed by atoms with E-state index in [1.807, 2.05) is 0 Å². The van der Waals surface area contributed by atoms with Crippen LogP contribution in [0.15, 0.2) is 24.3 Å². The van der Waals surface area contributed by atoms with Crippen LogP contribution in [0, 0.1) is 0 Å². The minimum atomic E-state index is -4.46. The quantitative estimate of drug-likeness (QED) is 0.867. The maximum Gasteiger partial charge on any atom is 0.406 e. The molecule has 0 radical (unpaired) electrons. The maximum atomic E-state index is 12.1. The number of hydrogen-bond acceptors (Lipinski definition) is 3. The molecular formula is C10H12F3NO2. The highest BCUT2D eigenvalue weighted by Crippen LogP contribution is 2.27. The van der Waals surface area contributed by atoms with E-state index in [0.717, 1.165) is 0 Å². The van der Waals surface area contributed by atoms with Crippen LogP contribution in [0.2, 0.25) is 0 Å². The average molecular weight is 235 g/mol. The lowest BCUT2D eigenvalue weighted by atomic mass is 10.3. The van der Waals surface area contributed by atoms with Crippen molar-refractivity contribution in [3.63, 3.8) is 0 Å². The van der Waals surface area contributed by atoms with Gasteiger partial charge >= 0.3 is 6.18 Å². The summed E-state index contributed by atoms with van der Waals surface area (Å²) >= 11 is 0. The van der Waals surface area contributed by atoms with Gasteiger partial charge in [-0.1, -0.05) is 12.1 Å². The van der Waals surface area contributed by atoms with Crippen molar-refractivity contribution >= 4 is 0 Å². The third kappa shape index (κ3) is 3.30. The summed E-state index contributed by atoms with van der Waals surface area (Å²) in [6, 6.07) is 4.43. The first-order valence-electron chi connectivity index (χ1n) is 4.53. The van der Waals surface area contributed by atoms with Crippen molar-refractivity contribution in [1.29, 1.82) is 0 Å². The zero-order valence-electron chi connectivity index (χ0n) is 8.62. The number of nitrogens with two attached hydrogens (primary N) is 1. The molecule has 0 heterocycles. The Balaban J connectivity index is 2.61. The Morgan fingerprint density at radius 3 is 2.31 bits per heavy atom. The van der Waals surface area contributed by atoms with E-state index < -0.39 is 18.8 Å². The van der Waals surface area contributed by atoms with Crippen molar-refractivity contribution in [2.75, 3.05) is 13.7 Å². The first-order chi connectivity index (χ1) is 7.45. The highest BCUT2D eigenvalue weighted by molar-refractivity contribution is 5.39. The van der Waals surface area contributed by atoms with Gasteiger partial charge in [0.25, 0.3) is 0 Å². The van der Waals surface area contributed by atoms with Crippen LogP contribution >= 0.6 is 0 Å². The largest absolute Gasteiger partial charge is 0.493 e. The van der Waals surface area contributed by atoms with Crippen LogP contribution in [0.3, 0.4) is 0 Å². The molecule has 6 heteroatoms. The molecule has 0 spiro atoms. The Labute approximate surface area is 91.0 Å². The summed E-state index contributed by atoms with van der Waals surface area (Å²) in [6.07, 6.45) is -4.46. The average Bonchev–Trinajstić information content (AvgIpc) is 2.24. The highest BCUT2D eigenvalue weighted by atomic mass is 19.4. The number of halogens is 3. The number of para-hydroxylation sites is 2. The van der Waals surface area contributed by atoms with E-state index in [1.165, 1.54) is 13.2 Å². The number of benzene rings is 1. The second kappa shape index (κ2) is 5.07. The molecule has 16 heavy (non-hydrogen) atoms. The van der Waals surface area contributed by atoms with Gasteiger partial charge in [0.15, 0.2) is 11.5 Å². The van der Waals surface area contributed by atoms with Gasteiger partial charge in [0, 0.05) is 0 Å². The van der Waals surface area contributed by atoms with Crippen LogP contribution in [0.25, 0.3) is 0 Å². The summed E-state index contributed by atoms with van der Waals surface area (Å²) in [5.41, 5.74) is 4.90. The lowest BCUT2D eigenvalue weighted by Gasteiger charge is -2.17. The van der Waals surface area contributed by atoms with E-state index in [1.54, 1.807) is 18.2 Å². The SMILES string of the molecule is COc1ccccc1OCC(N)C(F)(F)F. The topological polar surface area (TPSA) is 44.5 Å². The molecule has 1 atom stereocenters. The van der Waals surface area contributed by atoms with Crippen LogP contribution in [0.4, 0.5) is 13.2 Å². The van der Waals surface area contributed by atoms with E-state index >= 15 is 0 Å². The first kappa shape index (κ1) is 12.6. The fourth-order valence-corrected chi connectivity index (χ4v) is 1.01. The van der Waals surface area contributed by atoms with Gasteiger partial charge in [0.1, 0.15) is 12.6 Å². The van der Waals surface area contributed by atoms with Crippen molar-refractivity contribution in [3.05, 3.63) is 24.3 Å². The Morgan fingerprint density at radius 2 is 1.81 bits per heavy atom. The van der Waals surface area contributed by atoms with Crippen molar-refractivity contribution in [3.8, 4) is 11.5 Å². The minimum absolute atomic E-state index is 0.240. The molecule has 0 aliphatic rings. The minimum Gasteiger partial charge on any atom is -0.493 e. The van der Waals surface area contributed by atoms with Gasteiger partial charge < -0.3 is 15.2 Å². The van der Waals surface area contributed by atoms with Crippen molar-refractivity contribution in [2.45, 2.75) is 12.2 Å². The van der Waals surface area contributed by atoms with Gasteiger partial charge in [-0.05, 0) is 12.1 Å². The zero-order valence-corrected chi connectivity index (χ0v) is 8.62. The number of ether oxygens (including phenoxy) is 2. The monoisotopic (exact) mass is 235 g/mol. The molecule has 0 amide bonds. The molecule has 90 valence electrons. The first-order valence-corrected chi connectivity index (χ1v) is 4.53. The van der Waals surface area contributed by atoms with Crippen molar-refractivity contribution < 1.29 is 22.6 Å². The van der Waals surface area contributed by atoms with E-state index in [-0.39, 0.29) is 5.75 Å². The standard InChI is InChI=1S/C10H12F3NO2/c1-15-7-4-2-3-5-8(7)16-6-9(14)10(11,12)13/h2-5,9H,6,14H2,1H3. The van der Waals surface area contributed by atoms with E-state index in [0.29, 0.717) is 5.75 Å². The number of methoxy groups -OCH3 is 1. The molecular weight excluding hydrogens is 223 g/mol. The van der Waals surface area contributed by atoms with E-state index in [9.17, 15) is 13.2 Å². The van der Waals surface area contributed by atoms with E-state index in [2.05, 4.69) is 0 Å². The van der Waals surface area contributed by atoms with Gasteiger partial charge in [-0.15, -0.1) is 0 Å².